The van der Waals surface area contributed by atoms with E-state index in [4.69, 9.17) is 16.7 Å². The van der Waals surface area contributed by atoms with E-state index in [9.17, 15) is 0 Å². The number of rotatable bonds is 12. The summed E-state index contributed by atoms with van der Waals surface area (Å²) in [6, 6.07) is 0. The average molecular weight is 398 g/mol. The van der Waals surface area contributed by atoms with Crippen molar-refractivity contribution in [2.75, 3.05) is 32.6 Å². The molecule has 0 aromatic rings. The number of allylic oxidation sites excluding steroid dienone is 3. The van der Waals surface area contributed by atoms with Crippen molar-refractivity contribution in [3.63, 3.8) is 0 Å². The molecule has 0 aromatic heterocycles. The molecule has 158 valence electrons. The third kappa shape index (κ3) is 13.9. The summed E-state index contributed by atoms with van der Waals surface area (Å²) in [6.07, 6.45) is 16.5. The summed E-state index contributed by atoms with van der Waals surface area (Å²) in [6.45, 7) is 11.4. The van der Waals surface area contributed by atoms with Gasteiger partial charge in [0.15, 0.2) is 0 Å². The molecule has 1 aliphatic rings. The molecule has 1 saturated carbocycles. The minimum absolute atomic E-state index is 0.590. The Labute approximate surface area is 174 Å². The molecule has 0 aromatic carbocycles. The van der Waals surface area contributed by atoms with Gasteiger partial charge in [-0.3, -0.25) is 5.01 Å². The standard InChI is InChI=1S/C21H38ClN3.C2H6/c1-4-10-20(13-8-9-15-22)17-25(24-19(2)14-16-23-3)18-21-11-6-5-7-12-21;1-2/h8-10,21,23H,4-7,11-18H2,1-3H3;1-2H3/b9-8-,20-10+,24-19+;. The van der Waals surface area contributed by atoms with Crippen molar-refractivity contribution in [2.24, 2.45) is 11.0 Å². The zero-order valence-corrected chi connectivity index (χ0v) is 19.3. The van der Waals surface area contributed by atoms with Crippen LogP contribution in [0.3, 0.4) is 0 Å². The molecular formula is C23H44ClN3. The van der Waals surface area contributed by atoms with Crippen LogP contribution in [0.5, 0.6) is 0 Å². The van der Waals surface area contributed by atoms with Gasteiger partial charge in [0.1, 0.15) is 0 Å². The topological polar surface area (TPSA) is 27.6 Å². The Morgan fingerprint density at radius 1 is 1.19 bits per heavy atom. The first-order valence-electron chi connectivity index (χ1n) is 11.0. The van der Waals surface area contributed by atoms with Crippen LogP contribution in [0.2, 0.25) is 0 Å². The fourth-order valence-corrected chi connectivity index (χ4v) is 3.57. The van der Waals surface area contributed by atoms with E-state index in [1.165, 1.54) is 43.4 Å². The highest BCUT2D eigenvalue weighted by atomic mass is 35.5. The predicted molar refractivity (Wildman–Crippen MR) is 124 cm³/mol. The average Bonchev–Trinajstić information content (AvgIpc) is 2.69. The Kier molecular flexibility index (Phi) is 18.0. The van der Waals surface area contributed by atoms with Crippen molar-refractivity contribution in [3.05, 3.63) is 23.8 Å². The van der Waals surface area contributed by atoms with E-state index in [0.29, 0.717) is 5.88 Å². The number of nitrogens with zero attached hydrogens (tertiary/aromatic N) is 2. The van der Waals surface area contributed by atoms with Crippen LogP contribution in [0.25, 0.3) is 0 Å². The summed E-state index contributed by atoms with van der Waals surface area (Å²) in [4.78, 5) is 0. The van der Waals surface area contributed by atoms with Crippen LogP contribution in [-0.4, -0.2) is 43.3 Å². The number of hydrazone groups is 1. The quantitative estimate of drug-likeness (QED) is 0.178. The van der Waals surface area contributed by atoms with Gasteiger partial charge in [-0.05, 0) is 57.6 Å². The van der Waals surface area contributed by atoms with Crippen LogP contribution < -0.4 is 5.32 Å². The molecule has 0 saturated heterocycles. The highest BCUT2D eigenvalue weighted by molar-refractivity contribution is 6.18. The van der Waals surface area contributed by atoms with Gasteiger partial charge in [-0.2, -0.15) is 5.10 Å². The Morgan fingerprint density at radius 2 is 1.89 bits per heavy atom. The summed E-state index contributed by atoms with van der Waals surface area (Å²) in [5.74, 6) is 1.39. The van der Waals surface area contributed by atoms with Crippen molar-refractivity contribution < 1.29 is 0 Å². The highest BCUT2D eigenvalue weighted by Gasteiger charge is 2.17. The number of halogens is 1. The molecule has 0 amide bonds. The Balaban J connectivity index is 0.00000326. The van der Waals surface area contributed by atoms with Gasteiger partial charge in [0.05, 0.1) is 6.54 Å². The Morgan fingerprint density at radius 3 is 2.48 bits per heavy atom. The second-order valence-electron chi connectivity index (χ2n) is 7.14. The molecule has 27 heavy (non-hydrogen) atoms. The van der Waals surface area contributed by atoms with E-state index in [1.807, 2.05) is 27.0 Å². The van der Waals surface area contributed by atoms with Gasteiger partial charge in [-0.1, -0.05) is 58.3 Å². The van der Waals surface area contributed by atoms with Gasteiger partial charge in [-0.15, -0.1) is 11.6 Å². The molecule has 0 unspecified atom stereocenters. The number of hydrogen-bond donors (Lipinski definition) is 1. The van der Waals surface area contributed by atoms with E-state index in [0.717, 1.165) is 44.8 Å². The van der Waals surface area contributed by atoms with E-state index >= 15 is 0 Å². The molecule has 1 aliphatic carbocycles. The molecule has 0 heterocycles. The van der Waals surface area contributed by atoms with Crippen molar-refractivity contribution >= 4 is 17.3 Å². The number of alkyl halides is 1. The monoisotopic (exact) mass is 397 g/mol. The van der Waals surface area contributed by atoms with Crippen LogP contribution in [-0.2, 0) is 0 Å². The van der Waals surface area contributed by atoms with Gasteiger partial charge in [0.25, 0.3) is 0 Å². The first kappa shape index (κ1) is 26.2. The minimum atomic E-state index is 0.590. The smallest absolute Gasteiger partial charge is 0.0573 e. The van der Waals surface area contributed by atoms with Crippen LogP contribution in [0.4, 0.5) is 0 Å². The molecule has 0 radical (unpaired) electrons. The summed E-state index contributed by atoms with van der Waals surface area (Å²) in [5, 5.41) is 10.5. The number of nitrogens with one attached hydrogen (secondary N) is 1. The first-order valence-corrected chi connectivity index (χ1v) is 11.6. The molecule has 0 bridgehead atoms. The molecule has 1 fully saturated rings. The van der Waals surface area contributed by atoms with Gasteiger partial charge in [0, 0.05) is 24.7 Å². The third-order valence-electron chi connectivity index (χ3n) is 4.76. The number of hydrogen-bond acceptors (Lipinski definition) is 3. The largest absolute Gasteiger partial charge is 0.319 e. The zero-order chi connectivity index (χ0) is 20.3. The highest BCUT2D eigenvalue weighted by Crippen LogP contribution is 2.25. The van der Waals surface area contributed by atoms with Crippen LogP contribution in [0.1, 0.15) is 79.1 Å². The van der Waals surface area contributed by atoms with E-state index in [2.05, 4.69) is 36.3 Å². The molecule has 3 nitrogen and oxygen atoms in total. The third-order valence-corrected chi connectivity index (χ3v) is 4.93. The van der Waals surface area contributed by atoms with E-state index in [1.54, 1.807) is 0 Å². The van der Waals surface area contributed by atoms with E-state index < -0.39 is 0 Å². The lowest BCUT2D eigenvalue weighted by molar-refractivity contribution is 0.219. The molecule has 0 atom stereocenters. The van der Waals surface area contributed by atoms with Crippen molar-refractivity contribution in [1.29, 1.82) is 0 Å². The Bertz CT molecular complexity index is 423. The lowest BCUT2D eigenvalue weighted by atomic mass is 9.89. The summed E-state index contributed by atoms with van der Waals surface area (Å²) in [5.41, 5.74) is 2.67. The van der Waals surface area contributed by atoms with Crippen LogP contribution in [0.15, 0.2) is 28.9 Å². The Hall–Kier alpha value is -0.800. The fourth-order valence-electron chi connectivity index (χ4n) is 3.44. The lowest BCUT2D eigenvalue weighted by Gasteiger charge is -2.29. The molecular weight excluding hydrogens is 354 g/mol. The van der Waals surface area contributed by atoms with Gasteiger partial charge >= 0.3 is 0 Å². The van der Waals surface area contributed by atoms with Crippen molar-refractivity contribution in [2.45, 2.75) is 79.1 Å². The van der Waals surface area contributed by atoms with Crippen LogP contribution in [0, 0.1) is 5.92 Å². The second kappa shape index (κ2) is 18.6. The normalized spacial score (nSPS) is 16.4. The minimum Gasteiger partial charge on any atom is -0.319 e. The molecule has 1 N–H and O–H groups in total. The van der Waals surface area contributed by atoms with Gasteiger partial charge in [0.2, 0.25) is 0 Å². The zero-order valence-electron chi connectivity index (χ0n) is 18.6. The maximum atomic E-state index is 5.77. The molecule has 0 aliphatic heterocycles. The molecule has 0 spiro atoms. The summed E-state index contributed by atoms with van der Waals surface area (Å²) in [7, 11) is 2.00. The second-order valence-corrected chi connectivity index (χ2v) is 7.45. The maximum absolute atomic E-state index is 5.77. The summed E-state index contributed by atoms with van der Waals surface area (Å²) >= 11 is 5.77. The van der Waals surface area contributed by atoms with Crippen molar-refractivity contribution in [3.8, 4) is 0 Å². The van der Waals surface area contributed by atoms with Gasteiger partial charge < -0.3 is 5.32 Å². The fraction of sp³-hybridized carbons (Fsp3) is 0.783. The lowest BCUT2D eigenvalue weighted by Crippen LogP contribution is -2.29. The molecule has 1 rings (SSSR count). The summed E-state index contributed by atoms with van der Waals surface area (Å²) < 4.78 is 0. The maximum Gasteiger partial charge on any atom is 0.0573 e. The van der Waals surface area contributed by atoms with E-state index in [-0.39, 0.29) is 0 Å². The van der Waals surface area contributed by atoms with Crippen LogP contribution >= 0.6 is 11.6 Å². The van der Waals surface area contributed by atoms with Gasteiger partial charge in [-0.25, -0.2) is 0 Å². The SMILES string of the molecule is CC.CC/C=C(\C/C=C\CCl)CN(CC1CCCCC1)/N=C(\C)CCNC. The molecule has 4 heteroatoms. The predicted octanol–water partition coefficient (Wildman–Crippen LogP) is 6.40. The van der Waals surface area contributed by atoms with Crippen molar-refractivity contribution in [1.82, 2.24) is 10.3 Å². The first-order chi connectivity index (χ1) is 13.2.